The number of Topliss-reactive ketones (excluding diaryl/α,β-unsaturated/α-hetero) is 1. The number of rotatable bonds is 4. The van der Waals surface area contributed by atoms with Crippen LogP contribution < -0.4 is 0 Å². The van der Waals surface area contributed by atoms with Gasteiger partial charge in [0.25, 0.3) is 0 Å². The minimum absolute atomic E-state index is 0.115. The van der Waals surface area contributed by atoms with Crippen LogP contribution >= 0.6 is 0 Å². The molecule has 0 aliphatic carbocycles. The Bertz CT molecular complexity index is 488. The van der Waals surface area contributed by atoms with Crippen molar-refractivity contribution in [3.05, 3.63) is 11.7 Å². The molecule has 6 heteroatoms. The highest BCUT2D eigenvalue weighted by Gasteiger charge is 2.35. The lowest BCUT2D eigenvalue weighted by atomic mass is 10.1. The van der Waals surface area contributed by atoms with E-state index in [0.717, 1.165) is 19.7 Å². The number of morpholine rings is 1. The van der Waals surface area contributed by atoms with Gasteiger partial charge in [-0.3, -0.25) is 9.69 Å². The van der Waals surface area contributed by atoms with Crippen molar-refractivity contribution in [2.24, 2.45) is 0 Å². The van der Waals surface area contributed by atoms with Gasteiger partial charge >= 0.3 is 0 Å². The molecule has 1 aromatic rings. The molecule has 2 aliphatic rings. The van der Waals surface area contributed by atoms with Crippen molar-refractivity contribution in [3.8, 4) is 0 Å². The lowest BCUT2D eigenvalue weighted by Crippen LogP contribution is -2.42. The third-order valence-corrected chi connectivity index (χ3v) is 4.34. The van der Waals surface area contributed by atoms with Gasteiger partial charge in [0, 0.05) is 19.0 Å². The first-order valence-electron chi connectivity index (χ1n) is 7.41. The van der Waals surface area contributed by atoms with Gasteiger partial charge in [-0.2, -0.15) is 4.98 Å². The van der Waals surface area contributed by atoms with Crippen LogP contribution in [0.2, 0.25) is 0 Å². The molecular formula is C14H21N3O3. The summed E-state index contributed by atoms with van der Waals surface area (Å²) in [5, 5.41) is 4.00. The topological polar surface area (TPSA) is 68.5 Å². The van der Waals surface area contributed by atoms with E-state index in [1.54, 1.807) is 6.92 Å². The number of carbonyl (C=O) groups excluding carboxylic acids is 1. The molecule has 20 heavy (non-hydrogen) atoms. The molecule has 0 bridgehead atoms. The van der Waals surface area contributed by atoms with E-state index in [1.165, 1.54) is 12.8 Å². The summed E-state index contributed by atoms with van der Waals surface area (Å²) >= 11 is 0. The zero-order valence-corrected chi connectivity index (χ0v) is 12.0. The van der Waals surface area contributed by atoms with E-state index in [0.29, 0.717) is 24.2 Å². The molecule has 1 aromatic heterocycles. The molecule has 3 rings (SSSR count). The summed E-state index contributed by atoms with van der Waals surface area (Å²) in [5.74, 6) is 0.758. The van der Waals surface area contributed by atoms with Gasteiger partial charge in [-0.1, -0.05) is 12.1 Å². The molecule has 110 valence electrons. The second-order valence-corrected chi connectivity index (χ2v) is 5.65. The Hall–Kier alpha value is -1.27. The van der Waals surface area contributed by atoms with Crippen LogP contribution in [0.1, 0.15) is 56.8 Å². The van der Waals surface area contributed by atoms with Crippen LogP contribution in [-0.4, -0.2) is 46.6 Å². The van der Waals surface area contributed by atoms with Gasteiger partial charge in [-0.25, -0.2) is 0 Å². The van der Waals surface area contributed by atoms with Crippen molar-refractivity contribution < 1.29 is 14.1 Å². The molecule has 0 aromatic carbocycles. The van der Waals surface area contributed by atoms with Gasteiger partial charge in [0.05, 0.1) is 12.5 Å². The maximum absolute atomic E-state index is 11.7. The fourth-order valence-electron chi connectivity index (χ4n) is 2.97. The summed E-state index contributed by atoms with van der Waals surface area (Å²) in [5.41, 5.74) is 0. The van der Waals surface area contributed by atoms with Gasteiger partial charge in [-0.05, 0) is 26.3 Å². The third-order valence-electron chi connectivity index (χ3n) is 4.34. The van der Waals surface area contributed by atoms with E-state index in [2.05, 4.69) is 15.0 Å². The predicted octanol–water partition coefficient (Wildman–Crippen LogP) is 1.69. The van der Waals surface area contributed by atoms with E-state index in [9.17, 15) is 4.79 Å². The normalized spacial score (nSPS) is 28.3. The van der Waals surface area contributed by atoms with Crippen LogP contribution in [0, 0.1) is 0 Å². The minimum atomic E-state index is -0.329. The lowest BCUT2D eigenvalue weighted by Gasteiger charge is -2.33. The van der Waals surface area contributed by atoms with E-state index in [-0.39, 0.29) is 17.8 Å². The van der Waals surface area contributed by atoms with Crippen molar-refractivity contribution in [2.45, 2.75) is 51.2 Å². The highest BCUT2D eigenvalue weighted by atomic mass is 16.5. The Kier molecular flexibility index (Phi) is 3.85. The molecule has 2 aliphatic heterocycles. The van der Waals surface area contributed by atoms with Crippen LogP contribution in [-0.2, 0) is 9.53 Å². The first-order valence-corrected chi connectivity index (χ1v) is 7.41. The number of hydrogen-bond donors (Lipinski definition) is 0. The number of fused-ring (bicyclic) bond motifs is 1. The van der Waals surface area contributed by atoms with E-state index in [4.69, 9.17) is 9.26 Å². The molecule has 0 amide bonds. The zero-order chi connectivity index (χ0) is 14.1. The molecule has 0 spiro atoms. The van der Waals surface area contributed by atoms with E-state index >= 15 is 0 Å². The number of nitrogens with zero attached hydrogens (tertiary/aromatic N) is 3. The first kappa shape index (κ1) is 13.7. The highest BCUT2D eigenvalue weighted by molar-refractivity contribution is 5.83. The Morgan fingerprint density at radius 3 is 3.20 bits per heavy atom. The van der Waals surface area contributed by atoms with Gasteiger partial charge in [0.1, 0.15) is 11.9 Å². The molecular weight excluding hydrogens is 258 g/mol. The summed E-state index contributed by atoms with van der Waals surface area (Å²) in [6, 6.07) is 0.554. The van der Waals surface area contributed by atoms with Crippen LogP contribution in [0.25, 0.3) is 0 Å². The van der Waals surface area contributed by atoms with Crippen molar-refractivity contribution in [3.63, 3.8) is 0 Å². The minimum Gasteiger partial charge on any atom is -0.367 e. The van der Waals surface area contributed by atoms with Crippen LogP contribution in [0.5, 0.6) is 0 Å². The molecule has 3 heterocycles. The maximum atomic E-state index is 11.7. The number of hydrogen-bond acceptors (Lipinski definition) is 6. The Balaban J connectivity index is 1.69. The average Bonchev–Trinajstić information content (AvgIpc) is 3.13. The van der Waals surface area contributed by atoms with Crippen LogP contribution in [0.3, 0.4) is 0 Å². The van der Waals surface area contributed by atoms with E-state index < -0.39 is 0 Å². The highest BCUT2D eigenvalue weighted by Crippen LogP contribution is 2.29. The van der Waals surface area contributed by atoms with Crippen LogP contribution in [0.15, 0.2) is 4.52 Å². The fraction of sp³-hybridized carbons (Fsp3) is 0.786. The van der Waals surface area contributed by atoms with Gasteiger partial charge in [0.2, 0.25) is 11.7 Å². The van der Waals surface area contributed by atoms with Crippen molar-refractivity contribution in [1.29, 1.82) is 0 Å². The van der Waals surface area contributed by atoms with Gasteiger partial charge in [-0.15, -0.1) is 0 Å². The predicted molar refractivity (Wildman–Crippen MR) is 71.3 cm³/mol. The number of ketones is 1. The zero-order valence-electron chi connectivity index (χ0n) is 12.0. The van der Waals surface area contributed by atoms with Crippen LogP contribution in [0.4, 0.5) is 0 Å². The smallest absolute Gasteiger partial charge is 0.237 e. The van der Waals surface area contributed by atoms with Gasteiger partial charge < -0.3 is 9.26 Å². The van der Waals surface area contributed by atoms with Crippen molar-refractivity contribution in [1.82, 2.24) is 15.0 Å². The second kappa shape index (κ2) is 5.61. The molecule has 2 fully saturated rings. The van der Waals surface area contributed by atoms with Crippen molar-refractivity contribution >= 4 is 5.78 Å². The first-order chi connectivity index (χ1) is 9.69. The number of aromatic nitrogens is 2. The summed E-state index contributed by atoms with van der Waals surface area (Å²) in [4.78, 5) is 18.5. The Morgan fingerprint density at radius 1 is 1.55 bits per heavy atom. The molecule has 3 unspecified atom stereocenters. The SMILES string of the molecule is CCC(=O)C(C)c1nc(C2CN3CCCC3CO2)no1. The summed E-state index contributed by atoms with van der Waals surface area (Å²) < 4.78 is 11.1. The Morgan fingerprint density at radius 2 is 2.40 bits per heavy atom. The maximum Gasteiger partial charge on any atom is 0.237 e. The number of carbonyl (C=O) groups is 1. The molecule has 2 saturated heterocycles. The standard InChI is InChI=1S/C14H21N3O3/c1-3-11(18)9(2)14-15-13(16-20-14)12-7-17-6-4-5-10(17)8-19-12/h9-10,12H,3-8H2,1-2H3. The summed E-state index contributed by atoms with van der Waals surface area (Å²) in [6.45, 7) is 6.33. The Labute approximate surface area is 118 Å². The second-order valence-electron chi connectivity index (χ2n) is 5.65. The molecule has 3 atom stereocenters. The van der Waals surface area contributed by atoms with E-state index in [1.807, 2.05) is 6.92 Å². The summed E-state index contributed by atoms with van der Waals surface area (Å²) in [7, 11) is 0. The fourth-order valence-corrected chi connectivity index (χ4v) is 2.97. The average molecular weight is 279 g/mol. The van der Waals surface area contributed by atoms with Crippen molar-refractivity contribution in [2.75, 3.05) is 19.7 Å². The quantitative estimate of drug-likeness (QED) is 0.835. The third kappa shape index (κ3) is 2.50. The lowest BCUT2D eigenvalue weighted by molar-refractivity contribution is -0.120. The van der Waals surface area contributed by atoms with Gasteiger partial charge in [0.15, 0.2) is 0 Å². The molecule has 0 saturated carbocycles. The monoisotopic (exact) mass is 279 g/mol. The molecule has 0 N–H and O–H groups in total. The summed E-state index contributed by atoms with van der Waals surface area (Å²) in [6.07, 6.45) is 2.80. The largest absolute Gasteiger partial charge is 0.367 e. The number of ether oxygens (including phenoxy) is 1. The molecule has 0 radical (unpaired) electrons. The molecule has 6 nitrogen and oxygen atoms in total.